The Labute approximate surface area is 55.1 Å². The summed E-state index contributed by atoms with van der Waals surface area (Å²) in [7, 11) is -4.62. The Morgan fingerprint density at radius 1 is 1.78 bits per heavy atom. The van der Waals surface area contributed by atoms with Crippen molar-refractivity contribution in [2.75, 3.05) is 0 Å². The summed E-state index contributed by atoms with van der Waals surface area (Å²) in [5.41, 5.74) is 0. The van der Waals surface area contributed by atoms with Crippen molar-refractivity contribution in [3.8, 4) is 0 Å². The lowest BCUT2D eigenvalue weighted by Crippen LogP contribution is -1.77. The zero-order valence-electron chi connectivity index (χ0n) is 3.99. The van der Waals surface area contributed by atoms with E-state index in [1.165, 1.54) is 0 Å². The van der Waals surface area contributed by atoms with Gasteiger partial charge in [-0.1, -0.05) is 0 Å². The van der Waals surface area contributed by atoms with Gasteiger partial charge in [0.25, 0.3) is 0 Å². The second-order valence-electron chi connectivity index (χ2n) is 1.00. The van der Waals surface area contributed by atoms with Gasteiger partial charge < -0.3 is 4.52 Å². The van der Waals surface area contributed by atoms with E-state index in [-0.39, 0.29) is 6.26 Å². The molecule has 0 aromatic carbocycles. The minimum Gasteiger partial charge on any atom is -0.408 e. The third-order valence-corrected chi connectivity index (χ3v) is 0.748. The fourth-order valence-corrected chi connectivity index (χ4v) is 0.445. The molecule has 0 fully saturated rings. The van der Waals surface area contributed by atoms with E-state index < -0.39 is 13.1 Å². The van der Waals surface area contributed by atoms with Crippen molar-refractivity contribution in [3.63, 3.8) is 0 Å². The molecule has 7 heteroatoms. The third-order valence-electron chi connectivity index (χ3n) is 0.279. The van der Waals surface area contributed by atoms with Gasteiger partial charge in [-0.3, -0.25) is 9.79 Å². The number of hydrogen-bond donors (Lipinski definition) is 2. The molecule has 0 heterocycles. The molecule has 0 aromatic rings. The Morgan fingerprint density at radius 2 is 2.22 bits per heavy atom. The highest BCUT2D eigenvalue weighted by molar-refractivity contribution is 7.46. The van der Waals surface area contributed by atoms with E-state index in [0.29, 0.717) is 0 Å². The van der Waals surface area contributed by atoms with Crippen LogP contribution in [-0.2, 0) is 9.09 Å². The molecule has 0 saturated heterocycles. The lowest BCUT2D eigenvalue weighted by atomic mass is 11.1. The van der Waals surface area contributed by atoms with E-state index in [2.05, 4.69) is 16.1 Å². The van der Waals surface area contributed by atoms with Gasteiger partial charge in [-0.05, 0) is 11.6 Å². The van der Waals surface area contributed by atoms with Crippen LogP contribution in [0.15, 0.2) is 11.5 Å². The van der Waals surface area contributed by atoms with E-state index in [1.807, 2.05) is 0 Å². The zero-order chi connectivity index (χ0) is 7.49. The van der Waals surface area contributed by atoms with Gasteiger partial charge >= 0.3 is 7.82 Å². The molecule has 0 aliphatic rings. The van der Waals surface area contributed by atoms with Gasteiger partial charge in [0.2, 0.25) is 5.29 Å². The highest BCUT2D eigenvalue weighted by Crippen LogP contribution is 2.36. The molecular weight excluding hydrogens is 173 g/mol. The van der Waals surface area contributed by atoms with Crippen LogP contribution in [0.2, 0.25) is 0 Å². The molecule has 0 radical (unpaired) electrons. The first-order valence-electron chi connectivity index (χ1n) is 1.67. The molecule has 2 N–H and O–H groups in total. The molecule has 0 amide bonds. The summed E-state index contributed by atoms with van der Waals surface area (Å²) >= 11 is 4.51. The van der Waals surface area contributed by atoms with Crippen molar-refractivity contribution in [2.24, 2.45) is 0 Å². The highest BCUT2D eigenvalue weighted by atomic mass is 35.5. The van der Waals surface area contributed by atoms with Gasteiger partial charge in [0.05, 0.1) is 0 Å². The van der Waals surface area contributed by atoms with E-state index in [9.17, 15) is 8.96 Å². The normalized spacial score (nSPS) is 13.6. The maximum Gasteiger partial charge on any atom is 0.524 e. The van der Waals surface area contributed by atoms with Crippen molar-refractivity contribution in [3.05, 3.63) is 11.5 Å². The summed E-state index contributed by atoms with van der Waals surface area (Å²) in [6.07, 6.45) is 0.127. The number of phosphoric ester groups is 1. The van der Waals surface area contributed by atoms with Crippen LogP contribution >= 0.6 is 19.4 Å². The third kappa shape index (κ3) is 7.91. The second kappa shape index (κ2) is 3.17. The average Bonchev–Trinajstić information content (AvgIpc) is 1.59. The Morgan fingerprint density at radius 3 is 2.33 bits per heavy atom. The minimum absolute atomic E-state index is 0.127. The number of halogens is 2. The van der Waals surface area contributed by atoms with E-state index in [4.69, 9.17) is 9.79 Å². The number of phosphoric acid groups is 1. The summed E-state index contributed by atoms with van der Waals surface area (Å²) < 4.78 is 24.6. The highest BCUT2D eigenvalue weighted by Gasteiger charge is 2.12. The van der Waals surface area contributed by atoms with Crippen LogP contribution in [0.4, 0.5) is 4.39 Å². The van der Waals surface area contributed by atoms with Crippen molar-refractivity contribution < 1.29 is 23.3 Å². The van der Waals surface area contributed by atoms with Gasteiger partial charge in [0.15, 0.2) is 0 Å². The Kier molecular flexibility index (Phi) is 3.14. The summed E-state index contributed by atoms with van der Waals surface area (Å²) in [5, 5.41) is -1.32. The van der Waals surface area contributed by atoms with Crippen LogP contribution in [-0.4, -0.2) is 9.79 Å². The van der Waals surface area contributed by atoms with Crippen LogP contribution in [0.1, 0.15) is 0 Å². The topological polar surface area (TPSA) is 66.8 Å². The van der Waals surface area contributed by atoms with E-state index >= 15 is 0 Å². The van der Waals surface area contributed by atoms with Crippen LogP contribution in [0, 0.1) is 0 Å². The molecular formula is C2H3ClFO4P. The van der Waals surface area contributed by atoms with E-state index in [1.54, 1.807) is 0 Å². The predicted octanol–water partition coefficient (Wildman–Crippen LogP) is 1.10. The first-order chi connectivity index (χ1) is 3.92. The van der Waals surface area contributed by atoms with Gasteiger partial charge in [0.1, 0.15) is 6.26 Å². The SMILES string of the molecule is O=P(O)(O)OC=C(F)Cl. The van der Waals surface area contributed by atoms with Crippen molar-refractivity contribution in [1.29, 1.82) is 0 Å². The monoisotopic (exact) mass is 176 g/mol. The molecule has 0 rings (SSSR count). The van der Waals surface area contributed by atoms with E-state index in [0.717, 1.165) is 0 Å². The van der Waals surface area contributed by atoms with Crippen LogP contribution < -0.4 is 0 Å². The fraction of sp³-hybridized carbons (Fsp3) is 0. The van der Waals surface area contributed by atoms with Crippen molar-refractivity contribution in [2.45, 2.75) is 0 Å². The van der Waals surface area contributed by atoms with Crippen LogP contribution in [0.3, 0.4) is 0 Å². The summed E-state index contributed by atoms with van der Waals surface area (Å²) in [6, 6.07) is 0. The molecule has 0 bridgehead atoms. The minimum atomic E-state index is -4.62. The number of hydrogen-bond acceptors (Lipinski definition) is 2. The zero-order valence-corrected chi connectivity index (χ0v) is 5.64. The molecule has 54 valence electrons. The standard InChI is InChI=1S/C2H3ClFO4P/c3-2(4)1-8-9(5,6)7/h1H,(H2,5,6,7). The number of rotatable bonds is 2. The lowest BCUT2D eigenvalue weighted by Gasteiger charge is -1.98. The average molecular weight is 176 g/mol. The quantitative estimate of drug-likeness (QED) is 0.488. The molecule has 0 aliphatic heterocycles. The Balaban J connectivity index is 3.79. The largest absolute Gasteiger partial charge is 0.524 e. The molecule has 0 aliphatic carbocycles. The van der Waals surface area contributed by atoms with Gasteiger partial charge in [-0.15, -0.1) is 0 Å². The first-order valence-corrected chi connectivity index (χ1v) is 3.58. The second-order valence-corrected chi connectivity index (χ2v) is 2.56. The molecule has 0 saturated carbocycles. The Hall–Kier alpha value is -0.0900. The Bertz CT molecular complexity index is 158. The molecule has 0 atom stereocenters. The summed E-state index contributed by atoms with van der Waals surface area (Å²) in [4.78, 5) is 15.8. The summed E-state index contributed by atoms with van der Waals surface area (Å²) in [5.74, 6) is 0. The molecule has 0 unspecified atom stereocenters. The lowest BCUT2D eigenvalue weighted by molar-refractivity contribution is 0.255. The summed E-state index contributed by atoms with van der Waals surface area (Å²) in [6.45, 7) is 0. The molecule has 0 aromatic heterocycles. The molecule has 9 heavy (non-hydrogen) atoms. The van der Waals surface area contributed by atoms with Gasteiger partial charge in [0, 0.05) is 0 Å². The first kappa shape index (κ1) is 8.91. The molecule has 0 spiro atoms. The maximum absolute atomic E-state index is 11.4. The predicted molar refractivity (Wildman–Crippen MR) is 28.2 cm³/mol. The van der Waals surface area contributed by atoms with Gasteiger partial charge in [-0.25, -0.2) is 4.57 Å². The molecule has 4 nitrogen and oxygen atoms in total. The smallest absolute Gasteiger partial charge is 0.408 e. The van der Waals surface area contributed by atoms with Crippen molar-refractivity contribution in [1.82, 2.24) is 0 Å². The van der Waals surface area contributed by atoms with Gasteiger partial charge in [-0.2, -0.15) is 4.39 Å². The van der Waals surface area contributed by atoms with Crippen molar-refractivity contribution >= 4 is 19.4 Å². The maximum atomic E-state index is 11.4. The van der Waals surface area contributed by atoms with Crippen LogP contribution in [0.5, 0.6) is 0 Å². The van der Waals surface area contributed by atoms with Crippen LogP contribution in [0.25, 0.3) is 0 Å². The fourth-order valence-electron chi connectivity index (χ4n) is 0.108.